The summed E-state index contributed by atoms with van der Waals surface area (Å²) in [4.78, 5) is 2.20. The number of hydrogen-bond acceptors (Lipinski definition) is 6. The molecule has 8 nitrogen and oxygen atoms in total. The van der Waals surface area contributed by atoms with Gasteiger partial charge in [-0.1, -0.05) is 0 Å². The van der Waals surface area contributed by atoms with Gasteiger partial charge in [0.15, 0.2) is 0 Å². The van der Waals surface area contributed by atoms with Crippen molar-refractivity contribution in [1.82, 2.24) is 14.2 Å². The zero-order valence-corrected chi connectivity index (χ0v) is 16.3. The quantitative estimate of drug-likeness (QED) is 0.415. The minimum atomic E-state index is -3.18. The van der Waals surface area contributed by atoms with Crippen LogP contribution in [-0.2, 0) is 18.6 Å². The molecule has 5 atom stereocenters. The first-order chi connectivity index (χ1) is 11.2. The lowest BCUT2D eigenvalue weighted by molar-refractivity contribution is -0.0694. The van der Waals surface area contributed by atoms with Crippen molar-refractivity contribution in [2.75, 3.05) is 60.5 Å². The van der Waals surface area contributed by atoms with Crippen molar-refractivity contribution in [3.63, 3.8) is 0 Å². The standard InChI is InChI=1S/C13H30B2N3O5P/c1-16(2)24(20,18-5-10(8-19)22-13(15)7-18)21-9-11-4-17(3)6-12(14)23-11/h10-13,19H,4-9,14-15H2,1-3H3. The van der Waals surface area contributed by atoms with Gasteiger partial charge in [-0.15, -0.1) is 0 Å². The van der Waals surface area contributed by atoms with Crippen LogP contribution in [0.4, 0.5) is 0 Å². The maximum Gasteiger partial charge on any atom is 0.345 e. The third-order valence-electron chi connectivity index (χ3n) is 4.31. The molecular formula is C13H30B2N3O5P. The summed E-state index contributed by atoms with van der Waals surface area (Å²) in [5.74, 6) is 0. The number of aliphatic hydroxyl groups excluding tert-OH is 1. The van der Waals surface area contributed by atoms with E-state index in [-0.39, 0.29) is 37.4 Å². The number of nitrogens with zero attached hydrogens (tertiary/aromatic N) is 3. The molecular weight excluding hydrogens is 331 g/mol. The van der Waals surface area contributed by atoms with E-state index in [1.807, 2.05) is 22.7 Å². The van der Waals surface area contributed by atoms with Gasteiger partial charge in [0.05, 0.1) is 25.4 Å². The van der Waals surface area contributed by atoms with Crippen LogP contribution in [0.3, 0.4) is 0 Å². The number of aliphatic hydroxyl groups is 1. The summed E-state index contributed by atoms with van der Waals surface area (Å²) in [6, 6.07) is 0.0307. The smallest absolute Gasteiger partial charge is 0.345 e. The number of rotatable bonds is 6. The molecule has 0 saturated carbocycles. The molecule has 0 aliphatic carbocycles. The minimum Gasteiger partial charge on any atom is -0.394 e. The molecule has 0 radical (unpaired) electrons. The van der Waals surface area contributed by atoms with Crippen molar-refractivity contribution < 1.29 is 23.7 Å². The minimum absolute atomic E-state index is 0.0949. The van der Waals surface area contributed by atoms with Crippen LogP contribution in [0.25, 0.3) is 0 Å². The monoisotopic (exact) mass is 361 g/mol. The first-order valence-corrected chi connectivity index (χ1v) is 10.1. The predicted octanol–water partition coefficient (Wildman–Crippen LogP) is -2.39. The molecule has 5 unspecified atom stereocenters. The maximum absolute atomic E-state index is 13.5. The van der Waals surface area contributed by atoms with Gasteiger partial charge in [0.25, 0.3) is 0 Å². The molecule has 2 aliphatic heterocycles. The van der Waals surface area contributed by atoms with Crippen LogP contribution in [0.5, 0.6) is 0 Å². The van der Waals surface area contributed by atoms with Crippen LogP contribution < -0.4 is 0 Å². The fourth-order valence-electron chi connectivity index (χ4n) is 3.33. The molecule has 0 aromatic heterocycles. The third-order valence-corrected chi connectivity index (χ3v) is 6.85. The zero-order valence-electron chi connectivity index (χ0n) is 15.4. The topological polar surface area (TPSA) is 74.7 Å². The molecule has 138 valence electrons. The Morgan fingerprint density at radius 1 is 1.17 bits per heavy atom. The number of hydrogen-bond donors (Lipinski definition) is 1. The maximum atomic E-state index is 13.5. The van der Waals surface area contributed by atoms with Crippen molar-refractivity contribution >= 4 is 23.4 Å². The fraction of sp³-hybridized carbons (Fsp3) is 1.00. The second-order valence-corrected chi connectivity index (χ2v) is 9.65. The molecule has 2 aliphatic rings. The van der Waals surface area contributed by atoms with Crippen LogP contribution in [0.1, 0.15) is 0 Å². The fourth-order valence-corrected chi connectivity index (χ4v) is 5.41. The van der Waals surface area contributed by atoms with Crippen molar-refractivity contribution in [1.29, 1.82) is 0 Å². The van der Waals surface area contributed by atoms with Crippen molar-refractivity contribution in [2.24, 2.45) is 0 Å². The molecule has 0 aromatic carbocycles. The van der Waals surface area contributed by atoms with E-state index in [0.29, 0.717) is 13.1 Å². The van der Waals surface area contributed by atoms with E-state index in [9.17, 15) is 9.67 Å². The summed E-state index contributed by atoms with van der Waals surface area (Å²) >= 11 is 0. The molecule has 0 bridgehead atoms. The van der Waals surface area contributed by atoms with Crippen LogP contribution in [0.2, 0.25) is 0 Å². The Morgan fingerprint density at radius 3 is 2.38 bits per heavy atom. The van der Waals surface area contributed by atoms with Gasteiger partial charge in [-0.05, 0) is 21.1 Å². The molecule has 24 heavy (non-hydrogen) atoms. The Bertz CT molecular complexity index is 451. The Hall–Kier alpha value is 0.0799. The molecule has 2 fully saturated rings. The molecule has 1 N–H and O–H groups in total. The lowest BCUT2D eigenvalue weighted by atomic mass is 9.98. The average Bonchev–Trinajstić information content (AvgIpc) is 2.50. The summed E-state index contributed by atoms with van der Waals surface area (Å²) in [7, 11) is 6.32. The number of morpholine rings is 2. The summed E-state index contributed by atoms with van der Waals surface area (Å²) in [5, 5.41) is 9.40. The summed E-state index contributed by atoms with van der Waals surface area (Å²) < 4.78 is 34.4. The van der Waals surface area contributed by atoms with Crippen LogP contribution in [0.15, 0.2) is 0 Å². The highest BCUT2D eigenvalue weighted by molar-refractivity contribution is 7.53. The highest BCUT2D eigenvalue weighted by atomic mass is 31.2. The molecule has 2 saturated heterocycles. The van der Waals surface area contributed by atoms with Crippen molar-refractivity contribution in [3.8, 4) is 0 Å². The van der Waals surface area contributed by atoms with Gasteiger partial charge >= 0.3 is 7.67 Å². The molecule has 2 rings (SSSR count). The number of ether oxygens (including phenoxy) is 2. The van der Waals surface area contributed by atoms with Gasteiger partial charge in [-0.3, -0.25) is 4.57 Å². The Morgan fingerprint density at radius 2 is 1.79 bits per heavy atom. The lowest BCUT2D eigenvalue weighted by Crippen LogP contribution is -2.50. The van der Waals surface area contributed by atoms with Gasteiger partial charge in [-0.2, -0.15) is 0 Å². The van der Waals surface area contributed by atoms with Crippen LogP contribution >= 0.6 is 7.67 Å². The lowest BCUT2D eigenvalue weighted by Gasteiger charge is -2.42. The van der Waals surface area contributed by atoms with Crippen molar-refractivity contribution in [3.05, 3.63) is 0 Å². The van der Waals surface area contributed by atoms with Gasteiger partial charge in [0, 0.05) is 38.2 Å². The predicted molar refractivity (Wildman–Crippen MR) is 97.8 cm³/mol. The Kier molecular flexibility index (Phi) is 7.34. The number of likely N-dealkylation sites (N-methyl/N-ethyl adjacent to an activating group) is 1. The van der Waals surface area contributed by atoms with E-state index in [4.69, 9.17) is 14.0 Å². The van der Waals surface area contributed by atoms with Crippen LogP contribution in [-0.4, -0.2) is 120 Å². The van der Waals surface area contributed by atoms with Gasteiger partial charge in [0.1, 0.15) is 15.7 Å². The Labute approximate surface area is 146 Å². The highest BCUT2D eigenvalue weighted by Crippen LogP contribution is 2.53. The SMILES string of the molecule is BC1CN(C)CC(COP(=O)(N(C)C)N2CC(B)OC(CO)C2)O1. The first kappa shape index (κ1) is 20.4. The Balaban J connectivity index is 2.03. The van der Waals surface area contributed by atoms with E-state index < -0.39 is 7.67 Å². The molecule has 0 aromatic rings. The van der Waals surface area contributed by atoms with E-state index in [1.54, 1.807) is 23.4 Å². The molecule has 11 heteroatoms. The van der Waals surface area contributed by atoms with Crippen LogP contribution in [0, 0.1) is 0 Å². The van der Waals surface area contributed by atoms with E-state index in [1.165, 1.54) is 0 Å². The second kappa shape index (κ2) is 8.64. The highest BCUT2D eigenvalue weighted by Gasteiger charge is 2.41. The van der Waals surface area contributed by atoms with Gasteiger partial charge in [-0.25, -0.2) is 9.34 Å². The zero-order chi connectivity index (χ0) is 17.9. The normalized spacial score (nSPS) is 35.9. The van der Waals surface area contributed by atoms with E-state index in [0.717, 1.165) is 13.1 Å². The summed E-state index contributed by atoms with van der Waals surface area (Å²) in [6.45, 7) is 2.73. The van der Waals surface area contributed by atoms with E-state index >= 15 is 0 Å². The third kappa shape index (κ3) is 5.05. The summed E-state index contributed by atoms with van der Waals surface area (Å²) in [5.41, 5.74) is 0. The summed E-state index contributed by atoms with van der Waals surface area (Å²) in [6.07, 6.45) is -0.443. The average molecular weight is 361 g/mol. The van der Waals surface area contributed by atoms with Crippen molar-refractivity contribution in [2.45, 2.75) is 24.2 Å². The molecule has 0 spiro atoms. The van der Waals surface area contributed by atoms with E-state index in [2.05, 4.69) is 4.90 Å². The molecule has 2 heterocycles. The van der Waals surface area contributed by atoms with Gasteiger partial charge in [0.2, 0.25) is 0 Å². The molecule has 0 amide bonds. The first-order valence-electron chi connectivity index (χ1n) is 8.52. The van der Waals surface area contributed by atoms with Gasteiger partial charge < -0.3 is 24.0 Å². The second-order valence-electron chi connectivity index (χ2n) is 7.05. The largest absolute Gasteiger partial charge is 0.394 e.